The fourth-order valence-corrected chi connectivity index (χ4v) is 4.12. The van der Waals surface area contributed by atoms with Crippen LogP contribution in [-0.4, -0.2) is 41.8 Å². The van der Waals surface area contributed by atoms with Gasteiger partial charge in [0, 0.05) is 26.2 Å². The highest BCUT2D eigenvalue weighted by Crippen LogP contribution is 2.27. The van der Waals surface area contributed by atoms with E-state index in [9.17, 15) is 0 Å². The van der Waals surface area contributed by atoms with Crippen LogP contribution in [0.15, 0.2) is 0 Å². The number of hydrogen-bond donors (Lipinski definition) is 1. The van der Waals surface area contributed by atoms with Crippen molar-refractivity contribution in [2.45, 2.75) is 98.2 Å². The van der Waals surface area contributed by atoms with Crippen molar-refractivity contribution >= 4 is 0 Å². The Morgan fingerprint density at radius 3 is 1.58 bits per heavy atom. The molecule has 0 aromatic rings. The smallest absolute Gasteiger partial charge is 0.123 e. The van der Waals surface area contributed by atoms with E-state index in [0.717, 1.165) is 24.9 Å². The second-order valence-electron chi connectivity index (χ2n) is 8.17. The molecule has 0 saturated carbocycles. The maximum Gasteiger partial charge on any atom is 0.123 e. The molecular formula is C21H45N3. The Labute approximate surface area is 152 Å². The van der Waals surface area contributed by atoms with E-state index in [1.165, 1.54) is 70.9 Å². The van der Waals surface area contributed by atoms with Gasteiger partial charge in [-0.05, 0) is 38.0 Å². The van der Waals surface area contributed by atoms with Crippen molar-refractivity contribution in [2.24, 2.45) is 17.6 Å². The maximum atomic E-state index is 6.88. The van der Waals surface area contributed by atoms with E-state index < -0.39 is 0 Å². The van der Waals surface area contributed by atoms with Crippen LogP contribution < -0.4 is 5.73 Å². The second-order valence-corrected chi connectivity index (χ2v) is 8.17. The van der Waals surface area contributed by atoms with Crippen LogP contribution in [0.25, 0.3) is 0 Å². The lowest BCUT2D eigenvalue weighted by Crippen LogP contribution is -2.69. The summed E-state index contributed by atoms with van der Waals surface area (Å²) in [5.74, 6) is 1.34. The Bertz CT molecular complexity index is 288. The standard InChI is InChI=1S/C21H45N3/c1-6-10-13-19(8-3)17-23-15-12-16-24(21(23,5)22)18-20(9-4)14-11-7-2/h19-20H,6-18,22H2,1-5H3/t19-,20-/m0/s1. The fraction of sp³-hybridized carbons (Fsp3) is 1.00. The molecule has 144 valence electrons. The molecule has 0 spiro atoms. The van der Waals surface area contributed by atoms with E-state index in [0.29, 0.717) is 0 Å². The number of nitrogens with zero attached hydrogens (tertiary/aromatic N) is 2. The summed E-state index contributed by atoms with van der Waals surface area (Å²) in [6.07, 6.45) is 11.8. The maximum absolute atomic E-state index is 6.88. The first-order valence-electron chi connectivity index (χ1n) is 10.8. The molecule has 0 bridgehead atoms. The first-order valence-corrected chi connectivity index (χ1v) is 10.8. The zero-order chi connectivity index (χ0) is 18.0. The van der Waals surface area contributed by atoms with Crippen molar-refractivity contribution in [2.75, 3.05) is 26.2 Å². The molecule has 2 N–H and O–H groups in total. The van der Waals surface area contributed by atoms with Crippen LogP contribution in [0.3, 0.4) is 0 Å². The van der Waals surface area contributed by atoms with Crippen molar-refractivity contribution in [3.8, 4) is 0 Å². The van der Waals surface area contributed by atoms with Crippen LogP contribution in [0, 0.1) is 11.8 Å². The molecule has 0 aromatic carbocycles. The molecule has 0 aliphatic carbocycles. The van der Waals surface area contributed by atoms with E-state index in [-0.39, 0.29) is 5.79 Å². The molecule has 1 saturated heterocycles. The minimum Gasteiger partial charge on any atom is -0.301 e. The summed E-state index contributed by atoms with van der Waals surface area (Å²) in [6, 6.07) is 0. The Balaban J connectivity index is 2.65. The van der Waals surface area contributed by atoms with Crippen molar-refractivity contribution in [1.82, 2.24) is 9.80 Å². The van der Waals surface area contributed by atoms with E-state index in [2.05, 4.69) is 44.4 Å². The Morgan fingerprint density at radius 1 is 0.833 bits per heavy atom. The SMILES string of the molecule is CCCC[C@H](CC)CN1CCCN(C[C@@H](CC)CCCC)C1(C)N. The van der Waals surface area contributed by atoms with Gasteiger partial charge < -0.3 is 5.73 Å². The normalized spacial score (nSPS) is 21.8. The van der Waals surface area contributed by atoms with Crippen LogP contribution >= 0.6 is 0 Å². The molecule has 24 heavy (non-hydrogen) atoms. The zero-order valence-corrected chi connectivity index (χ0v) is 17.3. The van der Waals surface area contributed by atoms with E-state index in [1.807, 2.05) is 0 Å². The lowest BCUT2D eigenvalue weighted by atomic mass is 9.95. The van der Waals surface area contributed by atoms with Crippen molar-refractivity contribution in [1.29, 1.82) is 0 Å². The Morgan fingerprint density at radius 2 is 1.25 bits per heavy atom. The Hall–Kier alpha value is -0.120. The van der Waals surface area contributed by atoms with Gasteiger partial charge in [0.05, 0.1) is 0 Å². The zero-order valence-electron chi connectivity index (χ0n) is 17.3. The summed E-state index contributed by atoms with van der Waals surface area (Å²) in [5.41, 5.74) is 6.88. The van der Waals surface area contributed by atoms with Crippen LogP contribution in [0.1, 0.15) is 92.4 Å². The van der Waals surface area contributed by atoms with E-state index >= 15 is 0 Å². The predicted molar refractivity (Wildman–Crippen MR) is 107 cm³/mol. The molecule has 1 aliphatic rings. The van der Waals surface area contributed by atoms with Gasteiger partial charge >= 0.3 is 0 Å². The summed E-state index contributed by atoms with van der Waals surface area (Å²) < 4.78 is 0. The number of unbranched alkanes of at least 4 members (excludes halogenated alkanes) is 2. The quantitative estimate of drug-likeness (QED) is 0.539. The molecule has 0 radical (unpaired) electrons. The highest BCUT2D eigenvalue weighted by atomic mass is 15.5. The highest BCUT2D eigenvalue weighted by molar-refractivity contribution is 4.88. The van der Waals surface area contributed by atoms with E-state index in [1.54, 1.807) is 0 Å². The van der Waals surface area contributed by atoms with Gasteiger partial charge in [-0.2, -0.15) is 0 Å². The minimum atomic E-state index is -0.266. The third kappa shape index (κ3) is 6.65. The van der Waals surface area contributed by atoms with Gasteiger partial charge in [-0.15, -0.1) is 0 Å². The number of hydrogen-bond acceptors (Lipinski definition) is 3. The van der Waals surface area contributed by atoms with Crippen LogP contribution in [0.5, 0.6) is 0 Å². The Kier molecular flexibility index (Phi) is 10.5. The number of nitrogens with two attached hydrogens (primary N) is 1. The lowest BCUT2D eigenvalue weighted by Gasteiger charge is -2.51. The van der Waals surface area contributed by atoms with Gasteiger partial charge in [0.15, 0.2) is 0 Å². The molecule has 1 heterocycles. The van der Waals surface area contributed by atoms with Crippen molar-refractivity contribution in [3.63, 3.8) is 0 Å². The minimum absolute atomic E-state index is 0.266. The highest BCUT2D eigenvalue weighted by Gasteiger charge is 2.38. The fourth-order valence-electron chi connectivity index (χ4n) is 4.12. The van der Waals surface area contributed by atoms with Gasteiger partial charge in [-0.1, -0.05) is 66.2 Å². The third-order valence-corrected chi connectivity index (χ3v) is 6.18. The average Bonchev–Trinajstić information content (AvgIpc) is 2.57. The van der Waals surface area contributed by atoms with Crippen LogP contribution in [0.2, 0.25) is 0 Å². The van der Waals surface area contributed by atoms with Gasteiger partial charge in [0.2, 0.25) is 0 Å². The van der Waals surface area contributed by atoms with Crippen LogP contribution in [-0.2, 0) is 0 Å². The summed E-state index contributed by atoms with van der Waals surface area (Å²) >= 11 is 0. The third-order valence-electron chi connectivity index (χ3n) is 6.18. The summed E-state index contributed by atoms with van der Waals surface area (Å²) in [6.45, 7) is 16.2. The van der Waals surface area contributed by atoms with Gasteiger partial charge in [-0.25, -0.2) is 0 Å². The molecule has 0 unspecified atom stereocenters. The molecule has 1 fully saturated rings. The molecule has 2 atom stereocenters. The number of rotatable bonds is 12. The van der Waals surface area contributed by atoms with Crippen LogP contribution in [0.4, 0.5) is 0 Å². The molecular weight excluding hydrogens is 294 g/mol. The monoisotopic (exact) mass is 339 g/mol. The summed E-state index contributed by atoms with van der Waals surface area (Å²) in [5, 5.41) is 0. The largest absolute Gasteiger partial charge is 0.301 e. The van der Waals surface area contributed by atoms with Crippen molar-refractivity contribution in [3.05, 3.63) is 0 Å². The first-order chi connectivity index (χ1) is 11.5. The predicted octanol–water partition coefficient (Wildman–Crippen LogP) is 5.06. The first kappa shape index (κ1) is 21.9. The molecule has 1 rings (SSSR count). The van der Waals surface area contributed by atoms with Gasteiger partial charge in [0.25, 0.3) is 0 Å². The lowest BCUT2D eigenvalue weighted by molar-refractivity contribution is -0.0883. The molecule has 0 amide bonds. The van der Waals surface area contributed by atoms with Gasteiger partial charge in [0.1, 0.15) is 5.79 Å². The summed E-state index contributed by atoms with van der Waals surface area (Å²) in [7, 11) is 0. The molecule has 1 aliphatic heterocycles. The topological polar surface area (TPSA) is 32.5 Å². The average molecular weight is 340 g/mol. The summed E-state index contributed by atoms with van der Waals surface area (Å²) in [4.78, 5) is 5.15. The van der Waals surface area contributed by atoms with Gasteiger partial charge in [-0.3, -0.25) is 9.80 Å². The molecule has 3 nitrogen and oxygen atoms in total. The molecule has 3 heteroatoms. The molecule has 0 aromatic heterocycles. The van der Waals surface area contributed by atoms with E-state index in [4.69, 9.17) is 5.73 Å². The van der Waals surface area contributed by atoms with Crippen molar-refractivity contribution < 1.29 is 0 Å². The second kappa shape index (κ2) is 11.5.